The molecule has 0 aliphatic carbocycles. The summed E-state index contributed by atoms with van der Waals surface area (Å²) in [6, 6.07) is 3.79. The molecule has 182 valence electrons. The van der Waals surface area contributed by atoms with Crippen LogP contribution >= 0.6 is 0 Å². The maximum Gasteiger partial charge on any atom is 0.408 e. The first-order valence-electron chi connectivity index (χ1n) is 11.3. The number of piperidine rings is 1. The minimum absolute atomic E-state index is 0.0172. The van der Waals surface area contributed by atoms with Gasteiger partial charge in [-0.05, 0) is 43.9 Å². The van der Waals surface area contributed by atoms with Gasteiger partial charge in [0.1, 0.15) is 17.9 Å². The Balaban J connectivity index is 1.47. The van der Waals surface area contributed by atoms with Crippen LogP contribution in [0.15, 0.2) is 36.8 Å². The normalized spacial score (nSPS) is 22.4. The fraction of sp³-hybridized carbons (Fsp3) is 0.391. The average molecular weight is 488 g/mol. The number of aromatic nitrogens is 5. The van der Waals surface area contributed by atoms with Crippen molar-refractivity contribution in [1.82, 2.24) is 29.0 Å². The maximum absolute atomic E-state index is 14.1. The Kier molecular flexibility index (Phi) is 4.85. The summed E-state index contributed by atoms with van der Waals surface area (Å²) >= 11 is 0. The highest BCUT2D eigenvalue weighted by Crippen LogP contribution is 2.37. The Morgan fingerprint density at radius 2 is 1.89 bits per heavy atom. The highest BCUT2D eigenvalue weighted by molar-refractivity contribution is 5.99. The van der Waals surface area contributed by atoms with Gasteiger partial charge in [-0.3, -0.25) is 18.9 Å². The number of aliphatic hydroxyl groups is 1. The number of alkyl halides is 3. The van der Waals surface area contributed by atoms with Gasteiger partial charge in [0, 0.05) is 29.9 Å². The van der Waals surface area contributed by atoms with Gasteiger partial charge < -0.3 is 10.0 Å². The molecule has 0 radical (unpaired) electrons. The van der Waals surface area contributed by atoms with E-state index in [9.17, 15) is 27.5 Å². The second-order valence-electron chi connectivity index (χ2n) is 9.12. The maximum atomic E-state index is 14.1. The lowest BCUT2D eigenvalue weighted by Crippen LogP contribution is -2.48. The van der Waals surface area contributed by atoms with Gasteiger partial charge in [0.25, 0.3) is 5.91 Å². The molecule has 6 heterocycles. The predicted molar refractivity (Wildman–Crippen MR) is 116 cm³/mol. The molecule has 2 aliphatic rings. The number of amides is 1. The molecule has 2 saturated heterocycles. The van der Waals surface area contributed by atoms with E-state index < -0.39 is 24.6 Å². The number of pyridine rings is 2. The third kappa shape index (κ3) is 3.63. The molecule has 8 nitrogen and oxygen atoms in total. The minimum atomic E-state index is -4.56. The first-order chi connectivity index (χ1) is 16.7. The number of hydrogen-bond acceptors (Lipinski definition) is 5. The van der Waals surface area contributed by atoms with Gasteiger partial charge in [-0.2, -0.15) is 18.3 Å². The fourth-order valence-electron chi connectivity index (χ4n) is 5.43. The molecule has 12 heteroatoms. The zero-order valence-electron chi connectivity index (χ0n) is 18.3. The Morgan fingerprint density at radius 1 is 1.14 bits per heavy atom. The number of carbonyl (C=O) groups is 1. The van der Waals surface area contributed by atoms with Crippen molar-refractivity contribution < 1.29 is 27.5 Å². The van der Waals surface area contributed by atoms with Crippen molar-refractivity contribution in [1.29, 1.82) is 0 Å². The van der Waals surface area contributed by atoms with Gasteiger partial charge >= 0.3 is 6.18 Å². The van der Waals surface area contributed by atoms with Gasteiger partial charge in [-0.15, -0.1) is 0 Å². The number of nitrogens with zero attached hydrogens (tertiary/aromatic N) is 6. The van der Waals surface area contributed by atoms with Crippen LogP contribution < -0.4 is 0 Å². The van der Waals surface area contributed by atoms with Crippen molar-refractivity contribution in [3.8, 4) is 11.4 Å². The number of rotatable bonds is 3. The van der Waals surface area contributed by atoms with Crippen LogP contribution in [0.4, 0.5) is 17.6 Å². The van der Waals surface area contributed by atoms with E-state index in [2.05, 4.69) is 15.1 Å². The molecule has 6 rings (SSSR count). The van der Waals surface area contributed by atoms with E-state index in [0.717, 1.165) is 17.5 Å². The third-order valence-corrected chi connectivity index (χ3v) is 6.86. The summed E-state index contributed by atoms with van der Waals surface area (Å²) in [6.07, 6.45) is 1.70. The van der Waals surface area contributed by atoms with Crippen LogP contribution in [0.25, 0.3) is 27.9 Å². The summed E-state index contributed by atoms with van der Waals surface area (Å²) < 4.78 is 56.5. The first-order valence-corrected chi connectivity index (χ1v) is 11.3. The highest BCUT2D eigenvalue weighted by atomic mass is 19.4. The summed E-state index contributed by atoms with van der Waals surface area (Å²) in [5, 5.41) is 14.5. The Bertz CT molecular complexity index is 1450. The molecule has 2 fully saturated rings. The number of aliphatic hydroxyl groups excluding tert-OH is 1. The lowest BCUT2D eigenvalue weighted by atomic mass is 9.99. The molecule has 2 unspecified atom stereocenters. The lowest BCUT2D eigenvalue weighted by Gasteiger charge is -2.37. The van der Waals surface area contributed by atoms with Crippen LogP contribution in [0.5, 0.6) is 0 Å². The second-order valence-corrected chi connectivity index (χ2v) is 9.12. The molecule has 2 bridgehead atoms. The van der Waals surface area contributed by atoms with E-state index in [4.69, 9.17) is 0 Å². The van der Waals surface area contributed by atoms with E-state index in [1.54, 1.807) is 11.1 Å². The van der Waals surface area contributed by atoms with Crippen LogP contribution in [0, 0.1) is 5.82 Å². The number of halogens is 4. The zero-order valence-corrected chi connectivity index (χ0v) is 18.3. The Hall–Kier alpha value is -3.54. The molecule has 4 aromatic rings. The van der Waals surface area contributed by atoms with Crippen molar-refractivity contribution in [3.05, 3.63) is 48.3 Å². The molecule has 1 N–H and O–H groups in total. The van der Waals surface area contributed by atoms with Gasteiger partial charge in [0.2, 0.25) is 0 Å². The largest absolute Gasteiger partial charge is 0.408 e. The molecule has 2 atom stereocenters. The first kappa shape index (κ1) is 22.0. The molecule has 2 aliphatic heterocycles. The Labute approximate surface area is 195 Å². The van der Waals surface area contributed by atoms with Gasteiger partial charge in [-0.25, -0.2) is 9.37 Å². The molecule has 0 aromatic carbocycles. The SMILES string of the molecule is O=C(c1cc2c(cn1)c(-c1cnc3c(F)cccn13)nn2CC(F)(F)F)N1C2CCC1CC(O)C2. The van der Waals surface area contributed by atoms with Gasteiger partial charge in [0.15, 0.2) is 11.5 Å². The standard InChI is InChI=1S/C23H20F4N6O2/c24-16-2-1-5-31-19(10-29-21(16)31)20-15-9-28-17(8-18(15)32(30-20)11-23(25,26)27)22(35)33-12-3-4-13(33)7-14(34)6-12/h1-2,5,8-10,12-14,34H,3-4,6-7,11H2. The third-order valence-electron chi connectivity index (χ3n) is 6.86. The summed E-state index contributed by atoms with van der Waals surface area (Å²) in [7, 11) is 0. The van der Waals surface area contributed by atoms with E-state index in [1.807, 2.05) is 0 Å². The lowest BCUT2D eigenvalue weighted by molar-refractivity contribution is -0.141. The summed E-state index contributed by atoms with van der Waals surface area (Å²) in [5.74, 6) is -0.949. The molecule has 35 heavy (non-hydrogen) atoms. The number of hydrogen-bond donors (Lipinski definition) is 1. The van der Waals surface area contributed by atoms with Crippen molar-refractivity contribution in [2.75, 3.05) is 0 Å². The van der Waals surface area contributed by atoms with E-state index in [0.29, 0.717) is 18.5 Å². The minimum Gasteiger partial charge on any atom is -0.393 e. The number of fused-ring (bicyclic) bond motifs is 4. The summed E-state index contributed by atoms with van der Waals surface area (Å²) in [6.45, 7) is -1.37. The predicted octanol–water partition coefficient (Wildman–Crippen LogP) is 3.58. The van der Waals surface area contributed by atoms with Crippen molar-refractivity contribution in [2.45, 2.75) is 56.6 Å². The zero-order chi connectivity index (χ0) is 24.5. The van der Waals surface area contributed by atoms with E-state index >= 15 is 0 Å². The van der Waals surface area contributed by atoms with Crippen molar-refractivity contribution in [3.63, 3.8) is 0 Å². The summed E-state index contributed by atoms with van der Waals surface area (Å²) in [5.41, 5.74) is 0.573. The van der Waals surface area contributed by atoms with Gasteiger partial charge in [0.05, 0.1) is 23.5 Å². The molecule has 1 amide bonds. The fourth-order valence-corrected chi connectivity index (χ4v) is 5.43. The second kappa shape index (κ2) is 7.74. The van der Waals surface area contributed by atoms with E-state index in [-0.39, 0.29) is 45.9 Å². The topological polar surface area (TPSA) is 88.6 Å². The molecular weight excluding hydrogens is 468 g/mol. The molecule has 0 saturated carbocycles. The van der Waals surface area contributed by atoms with Crippen molar-refractivity contribution in [2.24, 2.45) is 0 Å². The van der Waals surface area contributed by atoms with Crippen LogP contribution in [-0.2, 0) is 6.54 Å². The smallest absolute Gasteiger partial charge is 0.393 e. The van der Waals surface area contributed by atoms with Crippen LogP contribution in [-0.4, -0.2) is 64.4 Å². The van der Waals surface area contributed by atoms with Crippen LogP contribution in [0.1, 0.15) is 36.2 Å². The quantitative estimate of drug-likeness (QED) is 0.446. The van der Waals surface area contributed by atoms with Gasteiger partial charge in [-0.1, -0.05) is 0 Å². The Morgan fingerprint density at radius 3 is 2.60 bits per heavy atom. The molecule has 0 spiro atoms. The molecular formula is C23H20F4N6O2. The van der Waals surface area contributed by atoms with E-state index in [1.165, 1.54) is 35.0 Å². The summed E-state index contributed by atoms with van der Waals surface area (Å²) in [4.78, 5) is 23.4. The number of imidazole rings is 1. The molecule has 4 aromatic heterocycles. The average Bonchev–Trinajstić information content (AvgIpc) is 3.45. The van der Waals surface area contributed by atoms with Crippen molar-refractivity contribution >= 4 is 22.5 Å². The monoisotopic (exact) mass is 488 g/mol. The number of carbonyl (C=O) groups excluding carboxylic acids is 1. The highest BCUT2D eigenvalue weighted by Gasteiger charge is 2.43. The van der Waals surface area contributed by atoms with Crippen LogP contribution in [0.3, 0.4) is 0 Å². The van der Waals surface area contributed by atoms with Crippen LogP contribution in [0.2, 0.25) is 0 Å².